The Kier molecular flexibility index (Phi) is 7.38. The van der Waals surface area contributed by atoms with Crippen LogP contribution in [0, 0.1) is 0 Å². The van der Waals surface area contributed by atoms with E-state index in [1.54, 1.807) is 12.4 Å². The van der Waals surface area contributed by atoms with Crippen LogP contribution in [0.15, 0.2) is 103 Å². The topological polar surface area (TPSA) is 60.5 Å². The first-order valence-corrected chi connectivity index (χ1v) is 12.1. The predicted octanol–water partition coefficient (Wildman–Crippen LogP) is 6.60. The van der Waals surface area contributed by atoms with Gasteiger partial charge in [-0.15, -0.1) is 0 Å². The van der Waals surface area contributed by atoms with Crippen LogP contribution in [-0.2, 0) is 11.3 Å². The SMILES string of the molecule is O=C(NCCC=Cc1cncc(OCc2ccccc2)c1)OCC1c2ccccc2-c2ccccc21. The number of nitrogens with zero attached hydrogens (tertiary/aromatic N) is 1. The minimum Gasteiger partial charge on any atom is -0.487 e. The van der Waals surface area contributed by atoms with E-state index in [1.165, 1.54) is 22.3 Å². The number of pyridine rings is 1. The second-order valence-electron chi connectivity index (χ2n) is 8.67. The number of benzene rings is 3. The standard InChI is InChI=1S/C31H28N2O3/c34-31(36-22-30-28-15-6-4-13-26(28)27-14-5-7-16-29(27)30)33-17-9-8-12-24-18-25(20-32-19-24)35-21-23-10-2-1-3-11-23/h1-8,10-16,18-20,30H,9,17,21-22H2,(H,33,34). The quantitative estimate of drug-likeness (QED) is 0.276. The van der Waals surface area contributed by atoms with Gasteiger partial charge in [0, 0.05) is 18.7 Å². The number of fused-ring (bicyclic) bond motifs is 3. The molecule has 0 saturated heterocycles. The number of hydrogen-bond donors (Lipinski definition) is 1. The van der Waals surface area contributed by atoms with E-state index in [4.69, 9.17) is 9.47 Å². The lowest BCUT2D eigenvalue weighted by atomic mass is 9.98. The molecule has 0 radical (unpaired) electrons. The van der Waals surface area contributed by atoms with Gasteiger partial charge in [-0.1, -0.05) is 91.0 Å². The third-order valence-electron chi connectivity index (χ3n) is 6.22. The lowest BCUT2D eigenvalue weighted by Crippen LogP contribution is -2.26. The molecule has 0 atom stereocenters. The molecule has 5 heteroatoms. The minimum atomic E-state index is -0.400. The maximum atomic E-state index is 12.3. The third kappa shape index (κ3) is 5.63. The summed E-state index contributed by atoms with van der Waals surface area (Å²) < 4.78 is 11.4. The second kappa shape index (κ2) is 11.4. The van der Waals surface area contributed by atoms with Crippen molar-refractivity contribution in [1.29, 1.82) is 0 Å². The molecule has 1 aliphatic rings. The smallest absolute Gasteiger partial charge is 0.407 e. The molecule has 3 aromatic carbocycles. The van der Waals surface area contributed by atoms with E-state index in [0.29, 0.717) is 26.2 Å². The number of carbonyl (C=O) groups is 1. The number of carbonyl (C=O) groups excluding carboxylic acids is 1. The van der Waals surface area contributed by atoms with Crippen LogP contribution in [0.4, 0.5) is 4.79 Å². The molecular weight excluding hydrogens is 448 g/mol. The molecular formula is C31H28N2O3. The van der Waals surface area contributed by atoms with Crippen molar-refractivity contribution in [3.8, 4) is 16.9 Å². The maximum Gasteiger partial charge on any atom is 0.407 e. The lowest BCUT2D eigenvalue weighted by molar-refractivity contribution is 0.143. The highest BCUT2D eigenvalue weighted by atomic mass is 16.5. The number of ether oxygens (including phenoxy) is 2. The Morgan fingerprint density at radius 2 is 1.58 bits per heavy atom. The lowest BCUT2D eigenvalue weighted by Gasteiger charge is -2.14. The van der Waals surface area contributed by atoms with Gasteiger partial charge in [-0.2, -0.15) is 0 Å². The first-order valence-electron chi connectivity index (χ1n) is 12.1. The molecule has 0 aliphatic heterocycles. The van der Waals surface area contributed by atoms with Gasteiger partial charge < -0.3 is 14.8 Å². The fourth-order valence-electron chi connectivity index (χ4n) is 4.47. The van der Waals surface area contributed by atoms with Gasteiger partial charge in [0.2, 0.25) is 0 Å². The summed E-state index contributed by atoms with van der Waals surface area (Å²) in [6.07, 6.45) is 7.75. The average Bonchev–Trinajstić information content (AvgIpc) is 3.25. The Balaban J connectivity index is 1.06. The van der Waals surface area contributed by atoms with E-state index in [2.05, 4.69) is 34.6 Å². The molecule has 0 spiro atoms. The first-order chi connectivity index (χ1) is 17.8. The molecule has 1 heterocycles. The van der Waals surface area contributed by atoms with Crippen molar-refractivity contribution in [2.45, 2.75) is 18.9 Å². The molecule has 0 unspecified atom stereocenters. The number of alkyl carbamates (subject to hydrolysis) is 1. The molecule has 1 N–H and O–H groups in total. The van der Waals surface area contributed by atoms with E-state index in [9.17, 15) is 4.79 Å². The molecule has 0 saturated carbocycles. The highest BCUT2D eigenvalue weighted by Crippen LogP contribution is 2.44. The van der Waals surface area contributed by atoms with Crippen LogP contribution in [0.1, 0.15) is 34.6 Å². The van der Waals surface area contributed by atoms with E-state index < -0.39 is 6.09 Å². The summed E-state index contributed by atoms with van der Waals surface area (Å²) in [5, 5.41) is 2.84. The van der Waals surface area contributed by atoms with Gasteiger partial charge in [-0.3, -0.25) is 4.98 Å². The zero-order valence-electron chi connectivity index (χ0n) is 20.0. The summed E-state index contributed by atoms with van der Waals surface area (Å²) in [7, 11) is 0. The van der Waals surface area contributed by atoms with Gasteiger partial charge in [0.15, 0.2) is 0 Å². The molecule has 1 aromatic heterocycles. The summed E-state index contributed by atoms with van der Waals surface area (Å²) in [5.41, 5.74) is 6.91. The largest absolute Gasteiger partial charge is 0.487 e. The zero-order valence-corrected chi connectivity index (χ0v) is 20.0. The number of amides is 1. The number of aromatic nitrogens is 1. The van der Waals surface area contributed by atoms with E-state index in [1.807, 2.05) is 72.8 Å². The Labute approximate surface area is 211 Å². The number of nitrogens with one attached hydrogen (secondary N) is 1. The van der Waals surface area contributed by atoms with Gasteiger partial charge in [-0.25, -0.2) is 4.79 Å². The van der Waals surface area contributed by atoms with Crippen LogP contribution in [0.5, 0.6) is 5.75 Å². The molecule has 5 nitrogen and oxygen atoms in total. The van der Waals surface area contributed by atoms with Crippen LogP contribution in [0.3, 0.4) is 0 Å². The van der Waals surface area contributed by atoms with Gasteiger partial charge >= 0.3 is 6.09 Å². The van der Waals surface area contributed by atoms with Gasteiger partial charge in [0.1, 0.15) is 19.0 Å². The summed E-state index contributed by atoms with van der Waals surface area (Å²) in [6.45, 7) is 1.31. The molecule has 1 aliphatic carbocycles. The number of rotatable bonds is 9. The highest BCUT2D eigenvalue weighted by Gasteiger charge is 2.28. The molecule has 180 valence electrons. The van der Waals surface area contributed by atoms with Crippen LogP contribution in [0.2, 0.25) is 0 Å². The van der Waals surface area contributed by atoms with Crippen LogP contribution in [-0.4, -0.2) is 24.2 Å². The van der Waals surface area contributed by atoms with Crippen molar-refractivity contribution in [2.75, 3.05) is 13.2 Å². The van der Waals surface area contributed by atoms with E-state index >= 15 is 0 Å². The van der Waals surface area contributed by atoms with Crippen molar-refractivity contribution in [2.24, 2.45) is 0 Å². The Morgan fingerprint density at radius 3 is 2.33 bits per heavy atom. The fraction of sp³-hybridized carbons (Fsp3) is 0.161. The van der Waals surface area contributed by atoms with Gasteiger partial charge in [0.05, 0.1) is 6.20 Å². The Hall–Kier alpha value is -4.38. The van der Waals surface area contributed by atoms with Gasteiger partial charge in [0.25, 0.3) is 0 Å². The average molecular weight is 477 g/mol. The van der Waals surface area contributed by atoms with E-state index in [0.717, 1.165) is 16.9 Å². The fourth-order valence-corrected chi connectivity index (χ4v) is 4.47. The van der Waals surface area contributed by atoms with Crippen LogP contribution >= 0.6 is 0 Å². The molecule has 5 rings (SSSR count). The van der Waals surface area contributed by atoms with Crippen LogP contribution < -0.4 is 10.1 Å². The number of hydrogen-bond acceptors (Lipinski definition) is 4. The molecule has 0 fully saturated rings. The normalized spacial score (nSPS) is 12.2. The van der Waals surface area contributed by atoms with Gasteiger partial charge in [-0.05, 0) is 45.9 Å². The Morgan fingerprint density at radius 1 is 0.889 bits per heavy atom. The first kappa shape index (κ1) is 23.4. The Bertz CT molecular complexity index is 1310. The van der Waals surface area contributed by atoms with E-state index in [-0.39, 0.29) is 5.92 Å². The molecule has 1 amide bonds. The van der Waals surface area contributed by atoms with Crippen molar-refractivity contribution in [3.63, 3.8) is 0 Å². The van der Waals surface area contributed by atoms with Crippen molar-refractivity contribution < 1.29 is 14.3 Å². The zero-order chi connectivity index (χ0) is 24.6. The second-order valence-corrected chi connectivity index (χ2v) is 8.67. The summed E-state index contributed by atoms with van der Waals surface area (Å²) in [4.78, 5) is 16.6. The van der Waals surface area contributed by atoms with Crippen molar-refractivity contribution >= 4 is 12.2 Å². The maximum absolute atomic E-state index is 12.3. The third-order valence-corrected chi connectivity index (χ3v) is 6.22. The molecule has 0 bridgehead atoms. The summed E-state index contributed by atoms with van der Waals surface area (Å²) >= 11 is 0. The summed E-state index contributed by atoms with van der Waals surface area (Å²) in [5.74, 6) is 0.782. The summed E-state index contributed by atoms with van der Waals surface area (Å²) in [6, 6.07) is 28.6. The van der Waals surface area contributed by atoms with Crippen molar-refractivity contribution in [1.82, 2.24) is 10.3 Å². The molecule has 36 heavy (non-hydrogen) atoms. The van der Waals surface area contributed by atoms with Crippen LogP contribution in [0.25, 0.3) is 17.2 Å². The monoisotopic (exact) mass is 476 g/mol. The predicted molar refractivity (Wildman–Crippen MR) is 142 cm³/mol. The highest BCUT2D eigenvalue weighted by molar-refractivity contribution is 5.79. The van der Waals surface area contributed by atoms with Crippen molar-refractivity contribution in [3.05, 3.63) is 126 Å². The minimum absolute atomic E-state index is 0.0620. The molecule has 4 aromatic rings.